The molecule has 2 nitrogen and oxygen atoms in total. The van der Waals surface area contributed by atoms with Crippen molar-refractivity contribution in [3.8, 4) is 5.75 Å². The summed E-state index contributed by atoms with van der Waals surface area (Å²) in [6.45, 7) is 6.29. The van der Waals surface area contributed by atoms with Crippen LogP contribution in [0.1, 0.15) is 18.1 Å². The van der Waals surface area contributed by atoms with Crippen LogP contribution in [0.5, 0.6) is 5.75 Å². The number of aliphatic hydroxyl groups excluding tert-OH is 1. The number of aryl methyl sites for hydroxylation is 2. The second kappa shape index (κ2) is 5.42. The van der Waals surface area contributed by atoms with Crippen molar-refractivity contribution >= 4 is 11.8 Å². The molecule has 0 amide bonds. The number of benzene rings is 1. The van der Waals surface area contributed by atoms with E-state index in [1.54, 1.807) is 18.9 Å². The Morgan fingerprint density at radius 1 is 1.40 bits per heavy atom. The molecule has 0 radical (unpaired) electrons. The number of hydrogen-bond donors (Lipinski definition) is 1. The van der Waals surface area contributed by atoms with Crippen LogP contribution >= 0.6 is 11.8 Å². The van der Waals surface area contributed by atoms with Gasteiger partial charge in [0.05, 0.1) is 18.6 Å². The molecule has 0 aliphatic carbocycles. The van der Waals surface area contributed by atoms with Crippen LogP contribution in [0.25, 0.3) is 0 Å². The van der Waals surface area contributed by atoms with Crippen molar-refractivity contribution in [2.24, 2.45) is 0 Å². The van der Waals surface area contributed by atoms with Crippen LogP contribution in [0, 0.1) is 13.8 Å². The summed E-state index contributed by atoms with van der Waals surface area (Å²) in [6, 6.07) is 4.20. The van der Waals surface area contributed by atoms with E-state index in [2.05, 4.69) is 19.1 Å². The van der Waals surface area contributed by atoms with Gasteiger partial charge in [0.1, 0.15) is 5.75 Å². The zero-order valence-electron chi connectivity index (χ0n) is 9.70. The van der Waals surface area contributed by atoms with Gasteiger partial charge in [0, 0.05) is 5.25 Å². The predicted molar refractivity (Wildman–Crippen MR) is 64.9 cm³/mol. The molecule has 0 aliphatic heterocycles. The molecule has 0 fully saturated rings. The van der Waals surface area contributed by atoms with Crippen LogP contribution in [-0.4, -0.2) is 24.1 Å². The van der Waals surface area contributed by atoms with E-state index in [1.807, 2.05) is 13.8 Å². The highest BCUT2D eigenvalue weighted by atomic mass is 32.2. The van der Waals surface area contributed by atoms with Crippen molar-refractivity contribution < 1.29 is 9.84 Å². The van der Waals surface area contributed by atoms with Crippen LogP contribution in [0.2, 0.25) is 0 Å². The molecule has 1 atom stereocenters. The van der Waals surface area contributed by atoms with Crippen LogP contribution in [0.15, 0.2) is 17.0 Å². The van der Waals surface area contributed by atoms with Crippen LogP contribution in [0.4, 0.5) is 0 Å². The minimum absolute atomic E-state index is 0.181. The normalized spacial score (nSPS) is 12.6. The van der Waals surface area contributed by atoms with E-state index in [1.165, 1.54) is 5.56 Å². The number of thioether (sulfide) groups is 1. The lowest BCUT2D eigenvalue weighted by Crippen LogP contribution is -2.02. The van der Waals surface area contributed by atoms with Gasteiger partial charge in [-0.15, -0.1) is 11.8 Å². The van der Waals surface area contributed by atoms with E-state index in [9.17, 15) is 0 Å². The fourth-order valence-electron chi connectivity index (χ4n) is 1.52. The zero-order chi connectivity index (χ0) is 11.4. The van der Waals surface area contributed by atoms with Crippen molar-refractivity contribution in [2.75, 3.05) is 13.7 Å². The average Bonchev–Trinajstić information content (AvgIpc) is 2.17. The summed E-state index contributed by atoms with van der Waals surface area (Å²) in [6.07, 6.45) is 0. The molecular formula is C12H18O2S. The van der Waals surface area contributed by atoms with Gasteiger partial charge in [-0.3, -0.25) is 0 Å². The van der Waals surface area contributed by atoms with Crippen molar-refractivity contribution in [1.82, 2.24) is 0 Å². The Balaban J connectivity index is 3.03. The average molecular weight is 226 g/mol. The number of methoxy groups -OCH3 is 1. The Bertz CT molecular complexity index is 337. The first-order valence-corrected chi connectivity index (χ1v) is 5.89. The van der Waals surface area contributed by atoms with Crippen LogP contribution in [-0.2, 0) is 0 Å². The quantitative estimate of drug-likeness (QED) is 0.801. The molecule has 1 rings (SSSR count). The van der Waals surface area contributed by atoms with E-state index in [0.29, 0.717) is 0 Å². The third-order valence-electron chi connectivity index (χ3n) is 2.17. The molecule has 0 saturated carbocycles. The first-order chi connectivity index (χ1) is 7.08. The second-order valence-corrected chi connectivity index (χ2v) is 5.20. The highest BCUT2D eigenvalue weighted by Gasteiger charge is 2.11. The lowest BCUT2D eigenvalue weighted by atomic mass is 10.1. The summed E-state index contributed by atoms with van der Waals surface area (Å²) < 4.78 is 5.37. The number of aliphatic hydroxyl groups is 1. The molecule has 0 heterocycles. The molecule has 15 heavy (non-hydrogen) atoms. The van der Waals surface area contributed by atoms with Crippen molar-refractivity contribution in [1.29, 1.82) is 0 Å². The van der Waals surface area contributed by atoms with Crippen molar-refractivity contribution in [2.45, 2.75) is 30.9 Å². The monoisotopic (exact) mass is 226 g/mol. The molecule has 1 N–H and O–H groups in total. The molecule has 84 valence electrons. The maximum absolute atomic E-state index is 9.04. The van der Waals surface area contributed by atoms with E-state index >= 15 is 0 Å². The number of rotatable bonds is 4. The molecule has 0 aromatic heterocycles. The topological polar surface area (TPSA) is 29.5 Å². The summed E-state index contributed by atoms with van der Waals surface area (Å²) in [7, 11) is 1.69. The maximum atomic E-state index is 9.04. The third kappa shape index (κ3) is 3.14. The van der Waals surface area contributed by atoms with Gasteiger partial charge in [-0.1, -0.05) is 13.0 Å². The minimum atomic E-state index is 0.181. The largest absolute Gasteiger partial charge is 0.495 e. The molecule has 1 aromatic rings. The fourth-order valence-corrected chi connectivity index (χ4v) is 2.63. The SMILES string of the molecule is COc1c(C)cc(C)cc1SC(C)CO. The summed E-state index contributed by atoms with van der Waals surface area (Å²) >= 11 is 1.65. The second-order valence-electron chi connectivity index (χ2n) is 3.72. The summed E-state index contributed by atoms with van der Waals surface area (Å²) in [5.41, 5.74) is 2.37. The van der Waals surface area contributed by atoms with Crippen molar-refractivity contribution in [3.05, 3.63) is 23.3 Å². The van der Waals surface area contributed by atoms with Gasteiger partial charge in [0.15, 0.2) is 0 Å². The molecule has 3 heteroatoms. The molecule has 0 spiro atoms. The lowest BCUT2D eigenvalue weighted by Gasteiger charge is -2.14. The molecule has 0 bridgehead atoms. The Kier molecular flexibility index (Phi) is 4.48. The van der Waals surface area contributed by atoms with Gasteiger partial charge in [0.25, 0.3) is 0 Å². The Labute approximate surface area is 95.7 Å². The van der Waals surface area contributed by atoms with Gasteiger partial charge in [0.2, 0.25) is 0 Å². The van der Waals surface area contributed by atoms with Crippen LogP contribution in [0.3, 0.4) is 0 Å². The maximum Gasteiger partial charge on any atom is 0.135 e. The lowest BCUT2D eigenvalue weighted by molar-refractivity contribution is 0.300. The van der Waals surface area contributed by atoms with Crippen LogP contribution < -0.4 is 4.74 Å². The zero-order valence-corrected chi connectivity index (χ0v) is 10.5. The van der Waals surface area contributed by atoms with Gasteiger partial charge in [-0.25, -0.2) is 0 Å². The first kappa shape index (κ1) is 12.4. The van der Waals surface area contributed by atoms with Crippen molar-refractivity contribution in [3.63, 3.8) is 0 Å². The Hall–Kier alpha value is -0.670. The van der Waals surface area contributed by atoms with Gasteiger partial charge in [-0.05, 0) is 31.0 Å². The Morgan fingerprint density at radius 3 is 2.60 bits per heavy atom. The minimum Gasteiger partial charge on any atom is -0.495 e. The van der Waals surface area contributed by atoms with E-state index in [-0.39, 0.29) is 11.9 Å². The molecule has 1 aromatic carbocycles. The number of ether oxygens (including phenoxy) is 1. The Morgan fingerprint density at radius 2 is 2.07 bits per heavy atom. The first-order valence-electron chi connectivity index (χ1n) is 5.01. The highest BCUT2D eigenvalue weighted by molar-refractivity contribution is 8.00. The smallest absolute Gasteiger partial charge is 0.135 e. The fraction of sp³-hybridized carbons (Fsp3) is 0.500. The van der Waals surface area contributed by atoms with E-state index in [4.69, 9.17) is 9.84 Å². The molecule has 0 saturated heterocycles. The van der Waals surface area contributed by atoms with E-state index < -0.39 is 0 Å². The molecule has 0 aliphatic rings. The highest BCUT2D eigenvalue weighted by Crippen LogP contribution is 2.35. The summed E-state index contributed by atoms with van der Waals surface area (Å²) in [5.74, 6) is 0.922. The third-order valence-corrected chi connectivity index (χ3v) is 3.28. The molecule has 1 unspecified atom stereocenters. The van der Waals surface area contributed by atoms with E-state index in [0.717, 1.165) is 16.2 Å². The summed E-state index contributed by atoms with van der Waals surface area (Å²) in [4.78, 5) is 1.11. The van der Waals surface area contributed by atoms with Gasteiger partial charge in [-0.2, -0.15) is 0 Å². The summed E-state index contributed by atoms with van der Waals surface area (Å²) in [5, 5.41) is 9.23. The standard InChI is InChI=1S/C12H18O2S/c1-8-5-9(2)12(14-4)11(6-8)15-10(3)7-13/h5-6,10,13H,7H2,1-4H3. The van der Waals surface area contributed by atoms with Gasteiger partial charge >= 0.3 is 0 Å². The number of hydrogen-bond acceptors (Lipinski definition) is 3. The predicted octanol–water partition coefficient (Wildman–Crippen LogP) is 2.78. The van der Waals surface area contributed by atoms with Gasteiger partial charge < -0.3 is 9.84 Å². The molecular weight excluding hydrogens is 208 g/mol.